The third-order valence-corrected chi connectivity index (χ3v) is 3.17. The molecule has 1 heterocycles. The van der Waals surface area contributed by atoms with Gasteiger partial charge in [-0.05, 0) is 30.7 Å². The number of aromatic nitrogens is 1. The first kappa shape index (κ1) is 11.7. The van der Waals surface area contributed by atoms with Crippen LogP contribution in [0, 0.1) is 6.92 Å². The average molecular weight is 253 g/mol. The maximum absolute atomic E-state index is 9.74. The van der Waals surface area contributed by atoms with Crippen molar-refractivity contribution < 1.29 is 9.84 Å². The van der Waals surface area contributed by atoms with E-state index in [-0.39, 0.29) is 5.75 Å². The minimum atomic E-state index is 0.264. The number of H-pyrrole nitrogens is 1. The number of phenols is 1. The van der Waals surface area contributed by atoms with Crippen molar-refractivity contribution in [2.75, 3.05) is 0 Å². The molecule has 3 heteroatoms. The lowest BCUT2D eigenvalue weighted by molar-refractivity contribution is 0.300. The molecule has 19 heavy (non-hydrogen) atoms. The van der Waals surface area contributed by atoms with Crippen LogP contribution >= 0.6 is 0 Å². The molecule has 0 spiro atoms. The van der Waals surface area contributed by atoms with E-state index in [0.717, 1.165) is 27.9 Å². The van der Waals surface area contributed by atoms with Gasteiger partial charge in [0, 0.05) is 5.39 Å². The van der Waals surface area contributed by atoms with Crippen LogP contribution in [0.15, 0.2) is 48.5 Å². The summed E-state index contributed by atoms with van der Waals surface area (Å²) in [7, 11) is 0. The van der Waals surface area contributed by atoms with E-state index in [1.165, 1.54) is 0 Å². The zero-order valence-corrected chi connectivity index (χ0v) is 10.7. The maximum Gasteiger partial charge on any atom is 0.139 e. The molecule has 3 rings (SSSR count). The fourth-order valence-corrected chi connectivity index (χ4v) is 2.15. The van der Waals surface area contributed by atoms with E-state index in [0.29, 0.717) is 6.61 Å². The molecular weight excluding hydrogens is 238 g/mol. The van der Waals surface area contributed by atoms with E-state index in [1.807, 2.05) is 49.4 Å². The van der Waals surface area contributed by atoms with Crippen LogP contribution in [-0.2, 0) is 6.61 Å². The summed E-state index contributed by atoms with van der Waals surface area (Å²) in [6, 6.07) is 15.4. The highest BCUT2D eigenvalue weighted by Crippen LogP contribution is 2.25. The highest BCUT2D eigenvalue weighted by molar-refractivity contribution is 5.85. The lowest BCUT2D eigenvalue weighted by Gasteiger charge is -2.07. The number of phenolic OH excluding ortho intramolecular Hbond substituents is 1. The van der Waals surface area contributed by atoms with Crippen LogP contribution in [0.5, 0.6) is 11.5 Å². The summed E-state index contributed by atoms with van der Waals surface area (Å²) in [5, 5.41) is 10.7. The summed E-state index contributed by atoms with van der Waals surface area (Å²) in [6.07, 6.45) is 0. The van der Waals surface area contributed by atoms with E-state index in [2.05, 4.69) is 4.98 Å². The molecule has 0 bridgehead atoms. The second-order valence-electron chi connectivity index (χ2n) is 4.59. The second-order valence-corrected chi connectivity index (χ2v) is 4.59. The number of para-hydroxylation sites is 2. The monoisotopic (exact) mass is 253 g/mol. The predicted molar refractivity (Wildman–Crippen MR) is 75.5 cm³/mol. The first-order chi connectivity index (χ1) is 9.24. The van der Waals surface area contributed by atoms with Gasteiger partial charge in [-0.25, -0.2) is 0 Å². The quantitative estimate of drug-likeness (QED) is 0.746. The van der Waals surface area contributed by atoms with E-state index in [1.54, 1.807) is 6.07 Å². The summed E-state index contributed by atoms with van der Waals surface area (Å²) in [5.41, 5.74) is 2.81. The molecule has 0 unspecified atom stereocenters. The fraction of sp³-hybridized carbons (Fsp3) is 0.125. The first-order valence-corrected chi connectivity index (χ1v) is 6.22. The third-order valence-electron chi connectivity index (χ3n) is 3.17. The van der Waals surface area contributed by atoms with Gasteiger partial charge in [-0.1, -0.05) is 30.3 Å². The summed E-state index contributed by atoms with van der Waals surface area (Å²) in [4.78, 5) is 3.18. The Balaban J connectivity index is 1.83. The second kappa shape index (κ2) is 4.69. The SMILES string of the molecule is Cc1ccccc1OCc1cc2cccc(O)c2[nH]1. The minimum absolute atomic E-state index is 0.264. The third kappa shape index (κ3) is 2.27. The van der Waals surface area contributed by atoms with E-state index < -0.39 is 0 Å². The molecule has 2 N–H and O–H groups in total. The molecule has 0 aliphatic rings. The van der Waals surface area contributed by atoms with Gasteiger partial charge >= 0.3 is 0 Å². The van der Waals surface area contributed by atoms with Crippen LogP contribution < -0.4 is 4.74 Å². The molecule has 0 fully saturated rings. The Hall–Kier alpha value is -2.42. The Morgan fingerprint density at radius 3 is 2.74 bits per heavy atom. The van der Waals surface area contributed by atoms with Crippen molar-refractivity contribution in [2.45, 2.75) is 13.5 Å². The van der Waals surface area contributed by atoms with E-state index in [4.69, 9.17) is 4.74 Å². The lowest BCUT2D eigenvalue weighted by atomic mass is 10.2. The van der Waals surface area contributed by atoms with Gasteiger partial charge < -0.3 is 14.8 Å². The number of aromatic hydroxyl groups is 1. The smallest absolute Gasteiger partial charge is 0.139 e. The molecule has 0 atom stereocenters. The Kier molecular flexibility index (Phi) is 2.88. The van der Waals surface area contributed by atoms with Crippen molar-refractivity contribution in [1.82, 2.24) is 4.98 Å². The standard InChI is InChI=1S/C16H15NO2/c1-11-5-2-3-8-15(11)19-10-13-9-12-6-4-7-14(18)16(12)17-13/h2-9,17-18H,10H2,1H3. The van der Waals surface area contributed by atoms with Crippen molar-refractivity contribution in [3.05, 3.63) is 59.8 Å². The zero-order valence-electron chi connectivity index (χ0n) is 10.7. The van der Waals surface area contributed by atoms with Gasteiger partial charge in [0.1, 0.15) is 18.1 Å². The topological polar surface area (TPSA) is 45.2 Å². The van der Waals surface area contributed by atoms with Crippen molar-refractivity contribution >= 4 is 10.9 Å². The van der Waals surface area contributed by atoms with Gasteiger partial charge in [-0.15, -0.1) is 0 Å². The highest BCUT2D eigenvalue weighted by atomic mass is 16.5. The van der Waals surface area contributed by atoms with Crippen molar-refractivity contribution in [2.24, 2.45) is 0 Å². The Morgan fingerprint density at radius 1 is 1.11 bits per heavy atom. The number of aryl methyl sites for hydroxylation is 1. The minimum Gasteiger partial charge on any atom is -0.506 e. The van der Waals surface area contributed by atoms with Gasteiger partial charge in [-0.3, -0.25) is 0 Å². The number of aromatic amines is 1. The van der Waals surface area contributed by atoms with Crippen LogP contribution in [0.1, 0.15) is 11.3 Å². The molecule has 1 aromatic heterocycles. The number of ether oxygens (including phenoxy) is 1. The molecule has 0 radical (unpaired) electrons. The van der Waals surface area contributed by atoms with Crippen LogP contribution in [0.25, 0.3) is 10.9 Å². The summed E-state index contributed by atoms with van der Waals surface area (Å²) in [6.45, 7) is 2.48. The highest BCUT2D eigenvalue weighted by Gasteiger charge is 2.05. The number of hydrogen-bond acceptors (Lipinski definition) is 2. The maximum atomic E-state index is 9.74. The van der Waals surface area contributed by atoms with Gasteiger partial charge in [-0.2, -0.15) is 0 Å². The molecule has 96 valence electrons. The van der Waals surface area contributed by atoms with Crippen molar-refractivity contribution in [3.8, 4) is 11.5 Å². The zero-order chi connectivity index (χ0) is 13.2. The van der Waals surface area contributed by atoms with Gasteiger partial charge in [0.25, 0.3) is 0 Å². The molecule has 2 aromatic carbocycles. The largest absolute Gasteiger partial charge is 0.506 e. The summed E-state index contributed by atoms with van der Waals surface area (Å²) < 4.78 is 5.78. The van der Waals surface area contributed by atoms with Gasteiger partial charge in [0.2, 0.25) is 0 Å². The van der Waals surface area contributed by atoms with Gasteiger partial charge in [0.05, 0.1) is 11.2 Å². The number of benzene rings is 2. The predicted octanol–water partition coefficient (Wildman–Crippen LogP) is 3.76. The molecule has 0 saturated carbocycles. The molecule has 0 amide bonds. The number of fused-ring (bicyclic) bond motifs is 1. The molecular formula is C16H15NO2. The molecule has 0 aliphatic carbocycles. The fourth-order valence-electron chi connectivity index (χ4n) is 2.15. The Labute approximate surface area is 111 Å². The van der Waals surface area contributed by atoms with Crippen LogP contribution in [-0.4, -0.2) is 10.1 Å². The molecule has 0 aliphatic heterocycles. The molecule has 3 aromatic rings. The summed E-state index contributed by atoms with van der Waals surface area (Å²) >= 11 is 0. The van der Waals surface area contributed by atoms with Crippen LogP contribution in [0.2, 0.25) is 0 Å². The summed E-state index contributed by atoms with van der Waals surface area (Å²) in [5.74, 6) is 1.14. The number of hydrogen-bond donors (Lipinski definition) is 2. The number of nitrogens with one attached hydrogen (secondary N) is 1. The average Bonchev–Trinajstić information content (AvgIpc) is 2.82. The Morgan fingerprint density at radius 2 is 1.95 bits per heavy atom. The van der Waals surface area contributed by atoms with Crippen molar-refractivity contribution in [1.29, 1.82) is 0 Å². The van der Waals surface area contributed by atoms with E-state index >= 15 is 0 Å². The van der Waals surface area contributed by atoms with Crippen molar-refractivity contribution in [3.63, 3.8) is 0 Å². The van der Waals surface area contributed by atoms with Gasteiger partial charge in [0.15, 0.2) is 0 Å². The molecule has 0 saturated heterocycles. The Bertz CT molecular complexity index is 716. The normalized spacial score (nSPS) is 10.8. The first-order valence-electron chi connectivity index (χ1n) is 6.22. The lowest BCUT2D eigenvalue weighted by Crippen LogP contribution is -1.96. The van der Waals surface area contributed by atoms with Crippen LogP contribution in [0.4, 0.5) is 0 Å². The molecule has 3 nitrogen and oxygen atoms in total. The van der Waals surface area contributed by atoms with E-state index in [9.17, 15) is 5.11 Å². The van der Waals surface area contributed by atoms with Crippen LogP contribution in [0.3, 0.4) is 0 Å². The number of rotatable bonds is 3.